The third kappa shape index (κ3) is 3.10. The van der Waals surface area contributed by atoms with Gasteiger partial charge in [-0.05, 0) is 18.2 Å². The van der Waals surface area contributed by atoms with Crippen molar-refractivity contribution >= 4 is 15.7 Å². The Morgan fingerprint density at radius 1 is 1.30 bits per heavy atom. The lowest BCUT2D eigenvalue weighted by molar-refractivity contribution is 0.0732. The van der Waals surface area contributed by atoms with Crippen molar-refractivity contribution in [2.24, 2.45) is 0 Å². The van der Waals surface area contributed by atoms with Gasteiger partial charge in [0.25, 0.3) is 5.91 Å². The summed E-state index contributed by atoms with van der Waals surface area (Å²) in [6.07, 6.45) is 1.12. The molecule has 0 radical (unpaired) electrons. The molecular weight excluding hydrogens is 280 g/mol. The first-order chi connectivity index (χ1) is 9.43. The van der Waals surface area contributed by atoms with Crippen LogP contribution in [0.15, 0.2) is 23.1 Å². The maximum atomic E-state index is 12.5. The van der Waals surface area contributed by atoms with Gasteiger partial charge in [-0.15, -0.1) is 0 Å². The second kappa shape index (κ2) is 5.80. The lowest BCUT2D eigenvalue weighted by Crippen LogP contribution is -2.46. The van der Waals surface area contributed by atoms with Crippen LogP contribution in [-0.2, 0) is 9.84 Å². The molecule has 0 saturated carbocycles. The zero-order valence-corrected chi connectivity index (χ0v) is 12.4. The van der Waals surface area contributed by atoms with Crippen LogP contribution in [0.1, 0.15) is 10.4 Å². The summed E-state index contributed by atoms with van der Waals surface area (Å²) in [5, 5.41) is 3.16. The molecule has 0 aliphatic carbocycles. The molecule has 1 N–H and O–H groups in total. The van der Waals surface area contributed by atoms with Crippen molar-refractivity contribution in [3.8, 4) is 5.75 Å². The molecule has 1 aliphatic rings. The van der Waals surface area contributed by atoms with E-state index in [0.29, 0.717) is 18.8 Å². The van der Waals surface area contributed by atoms with Crippen LogP contribution in [-0.4, -0.2) is 58.8 Å². The van der Waals surface area contributed by atoms with E-state index in [1.807, 2.05) is 0 Å². The van der Waals surface area contributed by atoms with Gasteiger partial charge in [-0.25, -0.2) is 8.42 Å². The molecule has 0 atom stereocenters. The monoisotopic (exact) mass is 298 g/mol. The number of nitrogens with zero attached hydrogens (tertiary/aromatic N) is 1. The maximum absolute atomic E-state index is 12.5. The molecule has 0 aromatic heterocycles. The fourth-order valence-electron chi connectivity index (χ4n) is 2.12. The Hall–Kier alpha value is -1.60. The second-order valence-corrected chi connectivity index (χ2v) is 6.69. The number of rotatable bonds is 3. The number of methoxy groups -OCH3 is 1. The van der Waals surface area contributed by atoms with E-state index < -0.39 is 9.84 Å². The summed E-state index contributed by atoms with van der Waals surface area (Å²) in [5.41, 5.74) is 0.289. The van der Waals surface area contributed by atoms with E-state index in [1.165, 1.54) is 25.3 Å². The third-order valence-electron chi connectivity index (χ3n) is 3.23. The first-order valence-corrected chi connectivity index (χ1v) is 8.20. The minimum Gasteiger partial charge on any atom is -0.496 e. The van der Waals surface area contributed by atoms with Crippen LogP contribution in [0.2, 0.25) is 0 Å². The van der Waals surface area contributed by atoms with Gasteiger partial charge in [0.1, 0.15) is 5.75 Å². The lowest BCUT2D eigenvalue weighted by atomic mass is 10.1. The largest absolute Gasteiger partial charge is 0.496 e. The quantitative estimate of drug-likeness (QED) is 0.859. The Morgan fingerprint density at radius 2 is 1.95 bits per heavy atom. The molecule has 1 amide bonds. The summed E-state index contributed by atoms with van der Waals surface area (Å²) in [6.45, 7) is 2.68. The smallest absolute Gasteiger partial charge is 0.257 e. The average molecular weight is 298 g/mol. The van der Waals surface area contributed by atoms with Gasteiger partial charge in [0.05, 0.1) is 17.6 Å². The number of hydrogen-bond acceptors (Lipinski definition) is 5. The number of amides is 1. The van der Waals surface area contributed by atoms with E-state index in [1.54, 1.807) is 4.90 Å². The van der Waals surface area contributed by atoms with E-state index in [4.69, 9.17) is 4.74 Å². The van der Waals surface area contributed by atoms with Gasteiger partial charge in [0, 0.05) is 32.4 Å². The highest BCUT2D eigenvalue weighted by molar-refractivity contribution is 7.90. The van der Waals surface area contributed by atoms with Crippen LogP contribution in [0.4, 0.5) is 0 Å². The van der Waals surface area contributed by atoms with Crippen molar-refractivity contribution < 1.29 is 17.9 Å². The highest BCUT2D eigenvalue weighted by atomic mass is 32.2. The Kier molecular flexibility index (Phi) is 4.29. The molecule has 6 nitrogen and oxygen atoms in total. The van der Waals surface area contributed by atoms with Crippen molar-refractivity contribution in [1.82, 2.24) is 10.2 Å². The van der Waals surface area contributed by atoms with Crippen molar-refractivity contribution in [1.29, 1.82) is 0 Å². The van der Waals surface area contributed by atoms with Gasteiger partial charge in [-0.3, -0.25) is 4.79 Å². The summed E-state index contributed by atoms with van der Waals surface area (Å²) in [4.78, 5) is 14.3. The lowest BCUT2D eigenvalue weighted by Gasteiger charge is -2.28. The molecule has 110 valence electrons. The van der Waals surface area contributed by atoms with Gasteiger partial charge in [-0.1, -0.05) is 0 Å². The topological polar surface area (TPSA) is 75.7 Å². The Bertz CT molecular complexity index is 607. The van der Waals surface area contributed by atoms with Crippen molar-refractivity contribution in [2.45, 2.75) is 4.90 Å². The molecule has 1 aromatic rings. The summed E-state index contributed by atoms with van der Waals surface area (Å²) >= 11 is 0. The van der Waals surface area contributed by atoms with Gasteiger partial charge < -0.3 is 15.0 Å². The summed E-state index contributed by atoms with van der Waals surface area (Å²) in [7, 11) is -1.89. The first kappa shape index (κ1) is 14.8. The van der Waals surface area contributed by atoms with E-state index in [2.05, 4.69) is 5.32 Å². The maximum Gasteiger partial charge on any atom is 0.257 e. The molecule has 1 saturated heterocycles. The molecule has 7 heteroatoms. The molecule has 1 fully saturated rings. The molecule has 0 unspecified atom stereocenters. The SMILES string of the molecule is COc1ccc(S(C)(=O)=O)cc1C(=O)N1CCNCC1. The van der Waals surface area contributed by atoms with Crippen LogP contribution in [0, 0.1) is 0 Å². The molecule has 0 spiro atoms. The molecule has 20 heavy (non-hydrogen) atoms. The number of carbonyl (C=O) groups is 1. The fraction of sp³-hybridized carbons (Fsp3) is 0.462. The van der Waals surface area contributed by atoms with Gasteiger partial charge in [0.2, 0.25) is 0 Å². The first-order valence-electron chi connectivity index (χ1n) is 6.31. The van der Waals surface area contributed by atoms with Crippen LogP contribution in [0.25, 0.3) is 0 Å². The van der Waals surface area contributed by atoms with Crippen molar-refractivity contribution in [2.75, 3.05) is 39.5 Å². The minimum atomic E-state index is -3.35. The molecule has 2 rings (SSSR count). The summed E-state index contributed by atoms with van der Waals surface area (Å²) < 4.78 is 28.4. The number of piperazine rings is 1. The molecule has 1 aromatic carbocycles. The van der Waals surface area contributed by atoms with Crippen LogP contribution in [0.3, 0.4) is 0 Å². The summed E-state index contributed by atoms with van der Waals surface area (Å²) in [5.74, 6) is 0.190. The molecule has 1 aliphatic heterocycles. The Labute approximate surface area is 118 Å². The predicted molar refractivity (Wildman–Crippen MR) is 74.9 cm³/mol. The Morgan fingerprint density at radius 3 is 2.50 bits per heavy atom. The normalized spacial score (nSPS) is 16.0. The second-order valence-electron chi connectivity index (χ2n) is 4.68. The van der Waals surface area contributed by atoms with Gasteiger partial charge >= 0.3 is 0 Å². The Balaban J connectivity index is 2.39. The van der Waals surface area contributed by atoms with Gasteiger partial charge in [0.15, 0.2) is 9.84 Å². The molecule has 1 heterocycles. The van der Waals surface area contributed by atoms with E-state index in [-0.39, 0.29) is 16.4 Å². The number of ether oxygens (including phenoxy) is 1. The number of carbonyl (C=O) groups excluding carboxylic acids is 1. The van der Waals surface area contributed by atoms with E-state index in [9.17, 15) is 13.2 Å². The zero-order chi connectivity index (χ0) is 14.8. The van der Waals surface area contributed by atoms with Gasteiger partial charge in [-0.2, -0.15) is 0 Å². The highest BCUT2D eigenvalue weighted by Gasteiger charge is 2.23. The number of benzene rings is 1. The molecule has 0 bridgehead atoms. The van der Waals surface area contributed by atoms with E-state index in [0.717, 1.165) is 19.3 Å². The third-order valence-corrected chi connectivity index (χ3v) is 4.34. The standard InChI is InChI=1S/C13H18N2O4S/c1-19-12-4-3-10(20(2,17)18)9-11(12)13(16)15-7-5-14-6-8-15/h3-4,9,14H,5-8H2,1-2H3. The number of nitrogens with one attached hydrogen (secondary N) is 1. The van der Waals surface area contributed by atoms with Crippen LogP contribution < -0.4 is 10.1 Å². The van der Waals surface area contributed by atoms with E-state index >= 15 is 0 Å². The predicted octanol–water partition coefficient (Wildman–Crippen LogP) is 0.144. The fourth-order valence-corrected chi connectivity index (χ4v) is 2.77. The molecular formula is C13H18N2O4S. The minimum absolute atomic E-state index is 0.122. The average Bonchev–Trinajstić information content (AvgIpc) is 2.45. The zero-order valence-electron chi connectivity index (χ0n) is 11.5. The highest BCUT2D eigenvalue weighted by Crippen LogP contribution is 2.24. The number of hydrogen-bond donors (Lipinski definition) is 1. The van der Waals surface area contributed by atoms with Crippen molar-refractivity contribution in [3.05, 3.63) is 23.8 Å². The van der Waals surface area contributed by atoms with Crippen LogP contribution >= 0.6 is 0 Å². The number of sulfone groups is 1. The van der Waals surface area contributed by atoms with Crippen molar-refractivity contribution in [3.63, 3.8) is 0 Å². The van der Waals surface area contributed by atoms with Crippen LogP contribution in [0.5, 0.6) is 5.75 Å². The summed E-state index contributed by atoms with van der Waals surface area (Å²) in [6, 6.07) is 4.35.